The Balaban J connectivity index is 1.67. The maximum absolute atomic E-state index is 13.0. The predicted molar refractivity (Wildman–Crippen MR) is 91.6 cm³/mol. The van der Waals surface area contributed by atoms with Crippen LogP contribution >= 0.6 is 0 Å². The van der Waals surface area contributed by atoms with E-state index in [0.717, 1.165) is 12.1 Å². The average Bonchev–Trinajstić information content (AvgIpc) is 3.45. The van der Waals surface area contributed by atoms with Crippen LogP contribution in [0.25, 0.3) is 0 Å². The molecule has 0 aliphatic heterocycles. The number of hydrogen-bond acceptors (Lipinski definition) is 2. The van der Waals surface area contributed by atoms with Crippen molar-refractivity contribution in [3.8, 4) is 0 Å². The van der Waals surface area contributed by atoms with Gasteiger partial charge in [-0.15, -0.1) is 0 Å². The molecule has 144 valence electrons. The van der Waals surface area contributed by atoms with Crippen molar-refractivity contribution in [1.29, 1.82) is 0 Å². The lowest BCUT2D eigenvalue weighted by atomic mass is 9.93. The van der Waals surface area contributed by atoms with E-state index >= 15 is 0 Å². The smallest absolute Gasteiger partial charge is 0.396 e. The molecular weight excluding hydrogens is 362 g/mol. The number of alkyl halides is 3. The number of amides is 1. The van der Waals surface area contributed by atoms with Crippen molar-refractivity contribution in [2.45, 2.75) is 30.4 Å². The molecule has 1 aliphatic carbocycles. The van der Waals surface area contributed by atoms with Gasteiger partial charge in [0.1, 0.15) is 5.82 Å². The molecule has 0 radical (unpaired) electrons. The van der Waals surface area contributed by atoms with Crippen LogP contribution < -0.4 is 5.32 Å². The summed E-state index contributed by atoms with van der Waals surface area (Å²) in [5.74, 6) is -1.06. The van der Waals surface area contributed by atoms with E-state index in [9.17, 15) is 27.5 Å². The van der Waals surface area contributed by atoms with Crippen molar-refractivity contribution in [3.05, 3.63) is 71.0 Å². The Kier molecular flexibility index (Phi) is 5.24. The maximum Gasteiger partial charge on any atom is 0.416 e. The molecule has 27 heavy (non-hydrogen) atoms. The first kappa shape index (κ1) is 19.4. The summed E-state index contributed by atoms with van der Waals surface area (Å²) in [6.45, 7) is -0.0669. The highest BCUT2D eigenvalue weighted by Crippen LogP contribution is 2.48. The van der Waals surface area contributed by atoms with Crippen LogP contribution in [-0.2, 0) is 16.4 Å². The van der Waals surface area contributed by atoms with Crippen molar-refractivity contribution in [2.24, 2.45) is 0 Å². The molecule has 3 nitrogen and oxygen atoms in total. The first-order chi connectivity index (χ1) is 12.8. The van der Waals surface area contributed by atoms with Crippen LogP contribution in [-0.4, -0.2) is 24.2 Å². The lowest BCUT2D eigenvalue weighted by Gasteiger charge is -2.20. The summed E-state index contributed by atoms with van der Waals surface area (Å²) in [5, 5.41) is 12.3. The summed E-state index contributed by atoms with van der Waals surface area (Å²) in [5.41, 5.74) is -0.319. The number of halogens is 4. The zero-order chi connectivity index (χ0) is 19.7. The minimum atomic E-state index is -4.42. The Morgan fingerprint density at radius 1 is 1.07 bits per heavy atom. The lowest BCUT2D eigenvalue weighted by molar-refractivity contribution is -0.137. The number of carbonyl (C=O) groups is 1. The summed E-state index contributed by atoms with van der Waals surface area (Å²) in [6, 6.07) is 10.3. The lowest BCUT2D eigenvalue weighted by Crippen LogP contribution is -2.37. The van der Waals surface area contributed by atoms with Gasteiger partial charge >= 0.3 is 6.18 Å². The third kappa shape index (κ3) is 4.13. The number of aliphatic hydroxyl groups excluding tert-OH is 1. The molecule has 7 heteroatoms. The van der Waals surface area contributed by atoms with Crippen LogP contribution in [0.5, 0.6) is 0 Å². The molecule has 0 aromatic heterocycles. The number of hydrogen-bond donors (Lipinski definition) is 2. The molecule has 1 unspecified atom stereocenters. The topological polar surface area (TPSA) is 49.3 Å². The summed E-state index contributed by atoms with van der Waals surface area (Å²) in [4.78, 5) is 12.6. The number of rotatable bonds is 6. The van der Waals surface area contributed by atoms with Crippen LogP contribution in [0.4, 0.5) is 17.6 Å². The number of benzene rings is 2. The molecule has 3 rings (SSSR count). The van der Waals surface area contributed by atoms with Crippen LogP contribution in [0.15, 0.2) is 48.5 Å². The predicted octanol–water partition coefficient (Wildman–Crippen LogP) is 3.77. The molecule has 1 amide bonds. The first-order valence-corrected chi connectivity index (χ1v) is 8.58. The van der Waals surface area contributed by atoms with Gasteiger partial charge in [-0.05, 0) is 48.2 Å². The molecule has 0 bridgehead atoms. The second-order valence-electron chi connectivity index (χ2n) is 6.80. The molecule has 1 fully saturated rings. The number of nitrogens with one attached hydrogen (secondary N) is 1. The Morgan fingerprint density at radius 2 is 1.67 bits per heavy atom. The van der Waals surface area contributed by atoms with E-state index in [1.54, 1.807) is 12.1 Å². The van der Waals surface area contributed by atoms with Crippen molar-refractivity contribution < 1.29 is 27.5 Å². The van der Waals surface area contributed by atoms with Gasteiger partial charge in [0.05, 0.1) is 17.6 Å². The van der Waals surface area contributed by atoms with Crippen LogP contribution in [0.3, 0.4) is 0 Å². The van der Waals surface area contributed by atoms with E-state index in [-0.39, 0.29) is 19.1 Å². The van der Waals surface area contributed by atoms with Crippen LogP contribution in [0, 0.1) is 5.82 Å². The molecular formula is C20H19F4NO2. The summed E-state index contributed by atoms with van der Waals surface area (Å²) < 4.78 is 51.1. The SMILES string of the molecule is O=C(NCC(CO)c1ccc(F)cc1)C1(c2ccc(C(F)(F)F)cc2)CC1. The molecule has 2 aromatic carbocycles. The quantitative estimate of drug-likeness (QED) is 0.749. The highest BCUT2D eigenvalue weighted by molar-refractivity contribution is 5.91. The van der Waals surface area contributed by atoms with E-state index in [1.165, 1.54) is 24.3 Å². The van der Waals surface area contributed by atoms with Gasteiger partial charge in [-0.25, -0.2) is 4.39 Å². The Hall–Kier alpha value is -2.41. The van der Waals surface area contributed by atoms with Gasteiger partial charge in [-0.1, -0.05) is 24.3 Å². The number of carbonyl (C=O) groups excluding carboxylic acids is 1. The molecule has 1 aliphatic rings. The van der Waals surface area contributed by atoms with E-state index in [1.807, 2.05) is 0 Å². The minimum absolute atomic E-state index is 0.156. The van der Waals surface area contributed by atoms with Gasteiger partial charge in [-0.2, -0.15) is 13.2 Å². The maximum atomic E-state index is 13.0. The normalized spacial score (nSPS) is 16.6. The molecule has 2 aromatic rings. The third-order valence-corrected chi connectivity index (χ3v) is 5.02. The molecule has 0 saturated heterocycles. The fourth-order valence-electron chi connectivity index (χ4n) is 3.16. The Morgan fingerprint density at radius 3 is 2.15 bits per heavy atom. The van der Waals surface area contributed by atoms with Crippen LogP contribution in [0.2, 0.25) is 0 Å². The van der Waals surface area contributed by atoms with E-state index in [0.29, 0.717) is 24.0 Å². The van der Waals surface area contributed by atoms with E-state index < -0.39 is 28.9 Å². The molecule has 1 atom stereocenters. The van der Waals surface area contributed by atoms with Crippen LogP contribution in [0.1, 0.15) is 35.4 Å². The third-order valence-electron chi connectivity index (χ3n) is 5.02. The second kappa shape index (κ2) is 7.31. The minimum Gasteiger partial charge on any atom is -0.396 e. The fourth-order valence-corrected chi connectivity index (χ4v) is 3.16. The molecule has 0 heterocycles. The van der Waals surface area contributed by atoms with Gasteiger partial charge in [0.25, 0.3) is 0 Å². The van der Waals surface area contributed by atoms with Gasteiger partial charge in [-0.3, -0.25) is 4.79 Å². The highest BCUT2D eigenvalue weighted by Gasteiger charge is 2.51. The summed E-state index contributed by atoms with van der Waals surface area (Å²) in [6.07, 6.45) is -3.30. The fraction of sp³-hybridized carbons (Fsp3) is 0.350. The molecule has 0 spiro atoms. The summed E-state index contributed by atoms with van der Waals surface area (Å²) >= 11 is 0. The average molecular weight is 381 g/mol. The Bertz CT molecular complexity index is 796. The highest BCUT2D eigenvalue weighted by atomic mass is 19.4. The van der Waals surface area contributed by atoms with Crippen molar-refractivity contribution in [3.63, 3.8) is 0 Å². The van der Waals surface area contributed by atoms with Crippen molar-refractivity contribution in [2.75, 3.05) is 13.2 Å². The second-order valence-corrected chi connectivity index (χ2v) is 6.80. The summed E-state index contributed by atoms with van der Waals surface area (Å²) in [7, 11) is 0. The van der Waals surface area contributed by atoms with Crippen molar-refractivity contribution >= 4 is 5.91 Å². The van der Waals surface area contributed by atoms with Gasteiger partial charge in [0.15, 0.2) is 0 Å². The molecule has 2 N–H and O–H groups in total. The van der Waals surface area contributed by atoms with Gasteiger partial charge in [0, 0.05) is 12.5 Å². The van der Waals surface area contributed by atoms with Crippen molar-refractivity contribution in [1.82, 2.24) is 5.32 Å². The monoisotopic (exact) mass is 381 g/mol. The Labute approximate surface area is 154 Å². The first-order valence-electron chi connectivity index (χ1n) is 8.58. The zero-order valence-corrected chi connectivity index (χ0v) is 14.4. The zero-order valence-electron chi connectivity index (χ0n) is 14.4. The molecule has 1 saturated carbocycles. The largest absolute Gasteiger partial charge is 0.416 e. The van der Waals surface area contributed by atoms with E-state index in [2.05, 4.69) is 5.32 Å². The standard InChI is InChI=1S/C20H19F4NO2/c21-17-7-1-13(2-8-17)14(12-26)11-25-18(27)19(9-10-19)15-3-5-16(6-4-15)20(22,23)24/h1-8,14,26H,9-12H2,(H,25,27). The van der Waals surface area contributed by atoms with E-state index in [4.69, 9.17) is 0 Å². The van der Waals surface area contributed by atoms with Gasteiger partial charge in [0.2, 0.25) is 5.91 Å². The van der Waals surface area contributed by atoms with Gasteiger partial charge < -0.3 is 10.4 Å². The number of aliphatic hydroxyl groups is 1.